The van der Waals surface area contributed by atoms with Crippen LogP contribution in [0, 0.1) is 18.8 Å². The van der Waals surface area contributed by atoms with Gasteiger partial charge in [0.15, 0.2) is 11.5 Å². The van der Waals surface area contributed by atoms with Gasteiger partial charge in [-0.25, -0.2) is 9.97 Å². The summed E-state index contributed by atoms with van der Waals surface area (Å²) >= 11 is 12.2. The van der Waals surface area contributed by atoms with Gasteiger partial charge in [-0.1, -0.05) is 78.7 Å². The molecule has 2 saturated carbocycles. The van der Waals surface area contributed by atoms with Crippen molar-refractivity contribution in [3.63, 3.8) is 0 Å². The van der Waals surface area contributed by atoms with Gasteiger partial charge in [0.05, 0.1) is 35.4 Å². The number of anilines is 1. The van der Waals surface area contributed by atoms with Crippen molar-refractivity contribution in [2.45, 2.75) is 59.0 Å². The predicted octanol–water partition coefficient (Wildman–Crippen LogP) is 11.1. The van der Waals surface area contributed by atoms with Gasteiger partial charge >= 0.3 is 0 Å². The lowest BCUT2D eigenvalue weighted by Crippen LogP contribution is -2.12. The summed E-state index contributed by atoms with van der Waals surface area (Å²) in [4.78, 5) is 9.56. The fraction of sp³-hybridized carbons (Fsp3) is 0.302. The highest BCUT2D eigenvalue weighted by atomic mass is 35.5. The SMILES string of the molecule is C.Cc1ccc(-c2c(-c3ccc(Cl)cc3)ncn2CC2CC2)cc1.Clc1ccc2c(c1)NCC2c1c(-c2ccc3c(c2)OCO3)ncn1CC1CC1. The van der Waals surface area contributed by atoms with Crippen LogP contribution in [0.3, 0.4) is 0 Å². The van der Waals surface area contributed by atoms with Gasteiger partial charge in [0, 0.05) is 58.0 Å². The van der Waals surface area contributed by atoms with E-state index in [1.54, 1.807) is 0 Å². The first-order valence-corrected chi connectivity index (χ1v) is 18.6. The highest BCUT2D eigenvalue weighted by Gasteiger charge is 2.32. The quantitative estimate of drug-likeness (QED) is 0.169. The second-order valence-corrected chi connectivity index (χ2v) is 15.1. The second-order valence-electron chi connectivity index (χ2n) is 14.2. The number of benzene rings is 4. The molecule has 1 unspecified atom stereocenters. The molecular weight excluding hydrogens is 689 g/mol. The molecular formula is C43H43Cl2N5O2. The maximum absolute atomic E-state index is 6.20. The number of ether oxygens (including phenoxy) is 2. The average molecular weight is 733 g/mol. The van der Waals surface area contributed by atoms with Crippen LogP contribution in [0.25, 0.3) is 33.8 Å². The number of rotatable bonds is 8. The minimum Gasteiger partial charge on any atom is -0.454 e. The van der Waals surface area contributed by atoms with Gasteiger partial charge in [0.2, 0.25) is 6.79 Å². The summed E-state index contributed by atoms with van der Waals surface area (Å²) in [5.74, 6) is 3.42. The van der Waals surface area contributed by atoms with Crippen LogP contribution in [0.1, 0.15) is 55.8 Å². The first-order valence-electron chi connectivity index (χ1n) is 17.8. The first kappa shape index (κ1) is 34.4. The zero-order chi connectivity index (χ0) is 34.5. The number of nitrogens with zero attached hydrogens (tertiary/aromatic N) is 4. The zero-order valence-corrected chi connectivity index (χ0v) is 30.0. The van der Waals surface area contributed by atoms with Crippen LogP contribution in [-0.4, -0.2) is 32.4 Å². The van der Waals surface area contributed by atoms with Crippen LogP contribution in [0.2, 0.25) is 10.0 Å². The van der Waals surface area contributed by atoms with Crippen molar-refractivity contribution < 1.29 is 9.47 Å². The molecule has 52 heavy (non-hydrogen) atoms. The van der Waals surface area contributed by atoms with E-state index in [9.17, 15) is 0 Å². The number of hydrogen-bond donors (Lipinski definition) is 1. The van der Waals surface area contributed by atoms with Crippen LogP contribution in [0.5, 0.6) is 11.5 Å². The van der Waals surface area contributed by atoms with Gasteiger partial charge < -0.3 is 23.9 Å². The molecule has 4 aromatic carbocycles. The molecule has 0 bridgehead atoms. The van der Waals surface area contributed by atoms with Crippen LogP contribution in [-0.2, 0) is 13.1 Å². The number of halogens is 2. The summed E-state index contributed by atoms with van der Waals surface area (Å²) in [6, 6.07) is 28.9. The Kier molecular flexibility index (Phi) is 9.49. The van der Waals surface area contributed by atoms with Gasteiger partial charge in [-0.05, 0) is 92.5 Å². The molecule has 0 radical (unpaired) electrons. The lowest BCUT2D eigenvalue weighted by molar-refractivity contribution is 0.174. The summed E-state index contributed by atoms with van der Waals surface area (Å²) < 4.78 is 15.7. The van der Waals surface area contributed by atoms with E-state index < -0.39 is 0 Å². The van der Waals surface area contributed by atoms with E-state index in [0.29, 0.717) is 0 Å². The Morgan fingerprint density at radius 3 is 2.08 bits per heavy atom. The molecule has 2 aliphatic carbocycles. The molecule has 4 heterocycles. The molecule has 1 N–H and O–H groups in total. The van der Waals surface area contributed by atoms with Crippen LogP contribution in [0.4, 0.5) is 5.69 Å². The Morgan fingerprint density at radius 2 is 1.33 bits per heavy atom. The minimum atomic E-state index is 0. The van der Waals surface area contributed by atoms with Crippen molar-refractivity contribution in [3.8, 4) is 45.3 Å². The molecule has 7 nitrogen and oxygen atoms in total. The zero-order valence-electron chi connectivity index (χ0n) is 28.5. The molecule has 2 fully saturated rings. The Balaban J connectivity index is 0.000000149. The molecule has 10 rings (SSSR count). The van der Waals surface area contributed by atoms with Gasteiger partial charge in [0.1, 0.15) is 0 Å². The fourth-order valence-electron chi connectivity index (χ4n) is 7.23. The average Bonchev–Trinajstić information content (AvgIpc) is 3.91. The third-order valence-electron chi connectivity index (χ3n) is 10.3. The van der Waals surface area contributed by atoms with E-state index in [2.05, 4.69) is 57.8 Å². The highest BCUT2D eigenvalue weighted by Crippen LogP contribution is 2.44. The summed E-state index contributed by atoms with van der Waals surface area (Å²) in [6.07, 6.45) is 9.28. The van der Waals surface area contributed by atoms with E-state index in [4.69, 9.17) is 42.6 Å². The van der Waals surface area contributed by atoms with Crippen LogP contribution >= 0.6 is 23.2 Å². The summed E-state index contributed by atoms with van der Waals surface area (Å²) in [5.41, 5.74) is 11.6. The number of aromatic nitrogens is 4. The van der Waals surface area contributed by atoms with E-state index in [1.165, 1.54) is 53.8 Å². The second kappa shape index (κ2) is 14.4. The Morgan fingerprint density at radius 1 is 0.692 bits per heavy atom. The van der Waals surface area contributed by atoms with Crippen molar-refractivity contribution in [2.24, 2.45) is 11.8 Å². The topological polar surface area (TPSA) is 66.1 Å². The summed E-state index contributed by atoms with van der Waals surface area (Å²) in [7, 11) is 0. The number of aryl methyl sites for hydroxylation is 1. The highest BCUT2D eigenvalue weighted by molar-refractivity contribution is 6.31. The smallest absolute Gasteiger partial charge is 0.231 e. The number of imidazole rings is 2. The van der Waals surface area contributed by atoms with Crippen molar-refractivity contribution in [3.05, 3.63) is 124 Å². The lowest BCUT2D eigenvalue weighted by Gasteiger charge is -2.17. The number of fused-ring (bicyclic) bond motifs is 2. The number of hydrogen-bond acceptors (Lipinski definition) is 5. The number of nitrogens with one attached hydrogen (secondary N) is 1. The van der Waals surface area contributed by atoms with E-state index >= 15 is 0 Å². The maximum Gasteiger partial charge on any atom is 0.231 e. The van der Waals surface area contributed by atoms with Gasteiger partial charge in [-0.15, -0.1) is 0 Å². The molecule has 1 atom stereocenters. The molecule has 2 aromatic heterocycles. The third kappa shape index (κ3) is 7.04. The Bertz CT molecular complexity index is 2200. The summed E-state index contributed by atoms with van der Waals surface area (Å²) in [5, 5.41) is 5.04. The third-order valence-corrected chi connectivity index (χ3v) is 10.8. The molecule has 2 aliphatic heterocycles. The van der Waals surface area contributed by atoms with E-state index in [-0.39, 0.29) is 20.1 Å². The maximum atomic E-state index is 6.20. The molecule has 9 heteroatoms. The molecule has 6 aromatic rings. The van der Waals surface area contributed by atoms with Crippen LogP contribution in [0.15, 0.2) is 97.6 Å². The van der Waals surface area contributed by atoms with E-state index in [0.717, 1.165) is 81.2 Å². The van der Waals surface area contributed by atoms with Crippen molar-refractivity contribution in [2.75, 3.05) is 18.7 Å². The standard InChI is InChI=1S/C22H20ClN3O2.C20H19ClN2.CH4/c23-15-4-5-16-17(9-24-18(16)8-15)22-21(25-11-26(22)10-13-1-2-13)14-3-6-19-20(7-14)28-12-27-19;1-14-2-6-17(7-3-14)20-19(16-8-10-18(21)11-9-16)22-13-23(20)12-15-4-5-15;/h3-8,11,13,17,24H,1-2,9-10,12H2;2-3,6-11,13,15H,4-5,12H2,1H3;1H4. The Labute approximate surface area is 315 Å². The lowest BCUT2D eigenvalue weighted by atomic mass is 9.94. The van der Waals surface area contributed by atoms with Crippen molar-refractivity contribution >= 4 is 28.9 Å². The predicted molar refractivity (Wildman–Crippen MR) is 211 cm³/mol. The first-order chi connectivity index (χ1) is 25.0. The minimum absolute atomic E-state index is 0. The molecule has 266 valence electrons. The monoisotopic (exact) mass is 731 g/mol. The largest absolute Gasteiger partial charge is 0.454 e. The molecule has 0 spiro atoms. The normalized spacial score (nSPS) is 16.8. The van der Waals surface area contributed by atoms with Gasteiger partial charge in [0.25, 0.3) is 0 Å². The fourth-order valence-corrected chi connectivity index (χ4v) is 7.53. The van der Waals surface area contributed by atoms with Gasteiger partial charge in [-0.3, -0.25) is 0 Å². The molecule has 4 aliphatic rings. The summed E-state index contributed by atoms with van der Waals surface area (Å²) in [6.45, 7) is 5.34. The van der Waals surface area contributed by atoms with Gasteiger partial charge in [-0.2, -0.15) is 0 Å². The van der Waals surface area contributed by atoms with Crippen LogP contribution < -0.4 is 14.8 Å². The van der Waals surface area contributed by atoms with E-state index in [1.807, 2.05) is 61.2 Å². The molecule has 0 saturated heterocycles. The van der Waals surface area contributed by atoms with Crippen molar-refractivity contribution in [1.82, 2.24) is 19.1 Å². The van der Waals surface area contributed by atoms with Crippen molar-refractivity contribution in [1.29, 1.82) is 0 Å². The Hall–Kier alpha value is -4.72. The molecule has 0 amide bonds.